The van der Waals surface area contributed by atoms with E-state index in [0.717, 1.165) is 6.42 Å². The number of nitrogen functional groups attached to an aromatic ring is 1. The third kappa shape index (κ3) is 1.88. The summed E-state index contributed by atoms with van der Waals surface area (Å²) in [6.45, 7) is 1.49. The van der Waals surface area contributed by atoms with Crippen molar-refractivity contribution in [1.29, 1.82) is 0 Å². The third-order valence-electron chi connectivity index (χ3n) is 3.43. The first-order valence-electron chi connectivity index (χ1n) is 5.97. The fraction of sp³-hybridized carbons (Fsp3) is 0.500. The summed E-state index contributed by atoms with van der Waals surface area (Å²) in [6, 6.07) is 0. The predicted octanol–water partition coefficient (Wildman–Crippen LogP) is 0.306. The monoisotopic (exact) mass is 299 g/mol. The molecule has 3 rings (SSSR count). The van der Waals surface area contributed by atoms with Crippen LogP contribution in [0.5, 0.6) is 0 Å². The summed E-state index contributed by atoms with van der Waals surface area (Å²) in [5.41, 5.74) is 4.71. The highest BCUT2D eigenvalue weighted by molar-refractivity contribution is 7.89. The van der Waals surface area contributed by atoms with Gasteiger partial charge in [0, 0.05) is 0 Å². The van der Waals surface area contributed by atoms with Gasteiger partial charge in [-0.05, 0) is 26.2 Å². The molecular formula is C10H13N5O4S. The summed E-state index contributed by atoms with van der Waals surface area (Å²) in [7, 11) is -3.88. The van der Waals surface area contributed by atoms with Gasteiger partial charge in [-0.3, -0.25) is 0 Å². The molecular weight excluding hydrogens is 286 g/mol. The molecule has 20 heavy (non-hydrogen) atoms. The van der Waals surface area contributed by atoms with Crippen molar-refractivity contribution in [1.82, 2.24) is 20.0 Å². The third-order valence-corrected chi connectivity index (χ3v) is 5.12. The van der Waals surface area contributed by atoms with Gasteiger partial charge in [0.2, 0.25) is 16.4 Å². The average molecular weight is 299 g/mol. The van der Waals surface area contributed by atoms with Crippen LogP contribution in [0.4, 0.5) is 5.82 Å². The molecule has 2 aromatic rings. The Morgan fingerprint density at radius 2 is 2.15 bits per heavy atom. The molecule has 1 aliphatic rings. The van der Waals surface area contributed by atoms with E-state index < -0.39 is 15.6 Å². The van der Waals surface area contributed by atoms with Crippen LogP contribution >= 0.6 is 0 Å². The van der Waals surface area contributed by atoms with Crippen LogP contribution in [-0.2, 0) is 15.6 Å². The Kier molecular flexibility index (Phi) is 2.80. The van der Waals surface area contributed by atoms with E-state index in [4.69, 9.17) is 14.8 Å². The van der Waals surface area contributed by atoms with Crippen LogP contribution in [-0.4, -0.2) is 23.7 Å². The van der Waals surface area contributed by atoms with Crippen molar-refractivity contribution in [2.75, 3.05) is 5.73 Å². The molecule has 108 valence electrons. The Balaban J connectivity index is 1.98. The minimum Gasteiger partial charge on any atom is -0.380 e. The molecule has 0 atom stereocenters. The van der Waals surface area contributed by atoms with Gasteiger partial charge in [-0.25, -0.2) is 8.42 Å². The van der Waals surface area contributed by atoms with Crippen molar-refractivity contribution in [2.24, 2.45) is 0 Å². The van der Waals surface area contributed by atoms with Gasteiger partial charge in [-0.2, -0.15) is 9.71 Å². The van der Waals surface area contributed by atoms with Crippen LogP contribution in [0.1, 0.15) is 30.8 Å². The number of nitrogens with one attached hydrogen (secondary N) is 1. The van der Waals surface area contributed by atoms with Crippen molar-refractivity contribution >= 4 is 15.8 Å². The average Bonchev–Trinajstić information content (AvgIpc) is 2.94. The lowest BCUT2D eigenvalue weighted by Gasteiger charge is -2.38. The highest BCUT2D eigenvalue weighted by Crippen LogP contribution is 2.41. The van der Waals surface area contributed by atoms with Gasteiger partial charge in [0.1, 0.15) is 0 Å². The Hall–Kier alpha value is -1.94. The zero-order valence-corrected chi connectivity index (χ0v) is 11.5. The van der Waals surface area contributed by atoms with Crippen molar-refractivity contribution < 1.29 is 17.5 Å². The van der Waals surface area contributed by atoms with Crippen molar-refractivity contribution in [3.8, 4) is 0 Å². The van der Waals surface area contributed by atoms with E-state index in [1.807, 2.05) is 0 Å². The van der Waals surface area contributed by atoms with E-state index in [0.29, 0.717) is 18.7 Å². The van der Waals surface area contributed by atoms with E-state index in [1.165, 1.54) is 13.3 Å². The number of aromatic nitrogens is 3. The molecule has 0 aromatic carbocycles. The summed E-state index contributed by atoms with van der Waals surface area (Å²) < 4.78 is 37.0. The van der Waals surface area contributed by atoms with Gasteiger partial charge in [-0.15, -0.1) is 0 Å². The van der Waals surface area contributed by atoms with E-state index in [-0.39, 0.29) is 16.5 Å². The molecule has 0 spiro atoms. The van der Waals surface area contributed by atoms with Crippen molar-refractivity contribution in [2.45, 2.75) is 36.6 Å². The maximum atomic E-state index is 12.5. The van der Waals surface area contributed by atoms with Crippen LogP contribution in [0.3, 0.4) is 0 Å². The quantitative estimate of drug-likeness (QED) is 0.822. The minimum atomic E-state index is -3.88. The van der Waals surface area contributed by atoms with E-state index in [2.05, 4.69) is 20.0 Å². The van der Waals surface area contributed by atoms with Gasteiger partial charge in [-0.1, -0.05) is 10.3 Å². The molecule has 9 nitrogen and oxygen atoms in total. The zero-order chi connectivity index (χ0) is 14.4. The molecule has 0 saturated heterocycles. The van der Waals surface area contributed by atoms with Crippen LogP contribution in [0.25, 0.3) is 0 Å². The number of hydrogen-bond acceptors (Lipinski definition) is 8. The number of nitrogens with zero attached hydrogens (tertiary/aromatic N) is 3. The van der Waals surface area contributed by atoms with Gasteiger partial charge in [0.05, 0.1) is 5.54 Å². The lowest BCUT2D eigenvalue weighted by molar-refractivity contribution is 0.203. The number of sulfonamides is 1. The maximum Gasteiger partial charge on any atom is 0.248 e. The highest BCUT2D eigenvalue weighted by Gasteiger charge is 2.46. The summed E-state index contributed by atoms with van der Waals surface area (Å²) in [5.74, 6) is 0.287. The second-order valence-electron chi connectivity index (χ2n) is 4.75. The first kappa shape index (κ1) is 13.1. The summed E-state index contributed by atoms with van der Waals surface area (Å²) in [6.07, 6.45) is 3.23. The second kappa shape index (κ2) is 4.28. The molecule has 3 N–H and O–H groups in total. The SMILES string of the molecule is Cc1onc(N)c1S(=O)(=O)NC1(c2ncon2)CCC1. The highest BCUT2D eigenvalue weighted by atomic mass is 32.2. The lowest BCUT2D eigenvalue weighted by atomic mass is 9.77. The normalized spacial score (nSPS) is 17.9. The van der Waals surface area contributed by atoms with E-state index in [1.54, 1.807) is 0 Å². The minimum absolute atomic E-state index is 0.137. The first-order valence-corrected chi connectivity index (χ1v) is 7.45. The first-order chi connectivity index (χ1) is 9.45. The van der Waals surface area contributed by atoms with E-state index in [9.17, 15) is 8.42 Å². The smallest absolute Gasteiger partial charge is 0.248 e. The maximum absolute atomic E-state index is 12.5. The molecule has 2 heterocycles. The Morgan fingerprint density at radius 1 is 1.40 bits per heavy atom. The standard InChI is InChI=1S/C10H13N5O4S/c1-6-7(8(11)13-19-6)20(16,17)15-10(3-2-4-10)9-12-5-18-14-9/h5,15H,2-4H2,1H3,(H2,11,13). The molecule has 0 radical (unpaired) electrons. The van der Waals surface area contributed by atoms with Gasteiger partial charge < -0.3 is 14.8 Å². The molecule has 0 bridgehead atoms. The predicted molar refractivity (Wildman–Crippen MR) is 65.8 cm³/mol. The molecule has 0 amide bonds. The Morgan fingerprint density at radius 3 is 2.60 bits per heavy atom. The van der Waals surface area contributed by atoms with E-state index >= 15 is 0 Å². The van der Waals surface area contributed by atoms with Crippen molar-refractivity contribution in [3.05, 3.63) is 18.0 Å². The van der Waals surface area contributed by atoms with Crippen LogP contribution in [0.15, 0.2) is 20.3 Å². The molecule has 1 fully saturated rings. The lowest BCUT2D eigenvalue weighted by Crippen LogP contribution is -2.51. The largest absolute Gasteiger partial charge is 0.380 e. The summed E-state index contributed by atoms with van der Waals surface area (Å²) in [4.78, 5) is 3.80. The molecule has 1 aliphatic carbocycles. The van der Waals surface area contributed by atoms with Crippen LogP contribution < -0.4 is 10.5 Å². The number of rotatable bonds is 4. The van der Waals surface area contributed by atoms with Gasteiger partial charge in [0.15, 0.2) is 22.3 Å². The second-order valence-corrected chi connectivity index (χ2v) is 6.37. The summed E-state index contributed by atoms with van der Waals surface area (Å²) in [5, 5.41) is 7.19. The zero-order valence-electron chi connectivity index (χ0n) is 10.7. The van der Waals surface area contributed by atoms with Crippen LogP contribution in [0.2, 0.25) is 0 Å². The molecule has 2 aromatic heterocycles. The topological polar surface area (TPSA) is 137 Å². The number of anilines is 1. The van der Waals surface area contributed by atoms with Gasteiger partial charge >= 0.3 is 0 Å². The molecule has 0 aliphatic heterocycles. The fourth-order valence-electron chi connectivity index (χ4n) is 2.30. The number of nitrogens with two attached hydrogens (primary N) is 1. The summed E-state index contributed by atoms with van der Waals surface area (Å²) >= 11 is 0. The number of aryl methyl sites for hydroxylation is 1. The number of hydrogen-bond donors (Lipinski definition) is 2. The van der Waals surface area contributed by atoms with Gasteiger partial charge in [0.25, 0.3) is 0 Å². The Labute approximate surface area is 114 Å². The Bertz CT molecular complexity index is 697. The van der Waals surface area contributed by atoms with Crippen LogP contribution in [0, 0.1) is 6.92 Å². The van der Waals surface area contributed by atoms with Crippen molar-refractivity contribution in [3.63, 3.8) is 0 Å². The molecule has 0 unspecified atom stereocenters. The molecule has 1 saturated carbocycles. The fourth-order valence-corrected chi connectivity index (χ4v) is 3.94. The molecule has 10 heteroatoms.